The van der Waals surface area contributed by atoms with E-state index < -0.39 is 0 Å². The predicted octanol–water partition coefficient (Wildman–Crippen LogP) is 3.55. The summed E-state index contributed by atoms with van der Waals surface area (Å²) in [7, 11) is 1.58. The van der Waals surface area contributed by atoms with Crippen molar-refractivity contribution in [3.63, 3.8) is 0 Å². The Labute approximate surface area is 146 Å². The van der Waals surface area contributed by atoms with Crippen LogP contribution < -0.4 is 4.74 Å². The third-order valence-corrected chi connectivity index (χ3v) is 4.68. The van der Waals surface area contributed by atoms with Gasteiger partial charge in [0.2, 0.25) is 0 Å². The van der Waals surface area contributed by atoms with Crippen LogP contribution in [0, 0.1) is 6.92 Å². The van der Waals surface area contributed by atoms with Crippen molar-refractivity contribution in [1.82, 2.24) is 15.1 Å². The molecule has 0 bridgehead atoms. The first-order valence-corrected chi connectivity index (χ1v) is 8.23. The molecule has 0 saturated carbocycles. The molecule has 0 radical (unpaired) electrons. The molecule has 0 aliphatic carbocycles. The maximum atomic E-state index is 12.9. The van der Waals surface area contributed by atoms with Gasteiger partial charge in [-0.1, -0.05) is 36.4 Å². The molecular formula is C20H19N3O2. The number of aromatic amines is 1. The largest absolute Gasteiger partial charge is 0.496 e. The molecule has 0 saturated heterocycles. The summed E-state index contributed by atoms with van der Waals surface area (Å²) >= 11 is 0. The summed E-state index contributed by atoms with van der Waals surface area (Å²) in [5, 5.41) is 7.58. The van der Waals surface area contributed by atoms with Crippen molar-refractivity contribution in [3.8, 4) is 17.0 Å². The molecule has 25 heavy (non-hydrogen) atoms. The van der Waals surface area contributed by atoms with E-state index in [0.29, 0.717) is 24.4 Å². The molecule has 5 heteroatoms. The summed E-state index contributed by atoms with van der Waals surface area (Å²) < 4.78 is 5.33. The number of amides is 1. The number of benzene rings is 2. The average molecular weight is 333 g/mol. The number of nitrogens with one attached hydrogen (secondary N) is 1. The molecule has 5 nitrogen and oxygen atoms in total. The van der Waals surface area contributed by atoms with Crippen molar-refractivity contribution in [1.29, 1.82) is 0 Å². The van der Waals surface area contributed by atoms with Gasteiger partial charge < -0.3 is 9.64 Å². The summed E-state index contributed by atoms with van der Waals surface area (Å²) in [5.41, 5.74) is 5.89. The van der Waals surface area contributed by atoms with Crippen LogP contribution in [0.25, 0.3) is 11.3 Å². The van der Waals surface area contributed by atoms with Crippen molar-refractivity contribution in [2.24, 2.45) is 0 Å². The first-order chi connectivity index (χ1) is 12.2. The van der Waals surface area contributed by atoms with Crippen LogP contribution in [-0.4, -0.2) is 28.1 Å². The quantitative estimate of drug-likeness (QED) is 0.797. The van der Waals surface area contributed by atoms with E-state index in [0.717, 1.165) is 22.5 Å². The number of ether oxygens (including phenoxy) is 1. The Morgan fingerprint density at radius 3 is 2.68 bits per heavy atom. The molecule has 126 valence electrons. The maximum absolute atomic E-state index is 12.9. The van der Waals surface area contributed by atoms with Gasteiger partial charge in [0.05, 0.1) is 37.2 Å². The van der Waals surface area contributed by atoms with E-state index in [1.54, 1.807) is 13.2 Å². The molecule has 1 N–H and O–H groups in total. The molecular weight excluding hydrogens is 314 g/mol. The summed E-state index contributed by atoms with van der Waals surface area (Å²) in [4.78, 5) is 14.7. The SMILES string of the molecule is COc1ccccc1C(=O)N1Cc2[nH]nc(-c3ccccc3C)c2C1. The van der Waals surface area contributed by atoms with Crippen LogP contribution in [0.5, 0.6) is 5.75 Å². The number of carbonyl (C=O) groups excluding carboxylic acids is 1. The number of para-hydroxylation sites is 1. The number of methoxy groups -OCH3 is 1. The van der Waals surface area contributed by atoms with Crippen molar-refractivity contribution < 1.29 is 9.53 Å². The molecule has 2 aromatic carbocycles. The monoisotopic (exact) mass is 333 g/mol. The Bertz CT molecular complexity index is 946. The molecule has 1 aromatic heterocycles. The molecule has 2 heterocycles. The lowest BCUT2D eigenvalue weighted by atomic mass is 10.0. The fourth-order valence-electron chi connectivity index (χ4n) is 3.34. The van der Waals surface area contributed by atoms with Gasteiger partial charge in [0.1, 0.15) is 5.75 Å². The van der Waals surface area contributed by atoms with Gasteiger partial charge in [0.25, 0.3) is 5.91 Å². The fourth-order valence-corrected chi connectivity index (χ4v) is 3.34. The Balaban J connectivity index is 1.64. The van der Waals surface area contributed by atoms with Crippen molar-refractivity contribution >= 4 is 5.91 Å². The molecule has 1 aliphatic heterocycles. The van der Waals surface area contributed by atoms with Crippen molar-refractivity contribution in [2.75, 3.05) is 7.11 Å². The molecule has 0 atom stereocenters. The highest BCUT2D eigenvalue weighted by Crippen LogP contribution is 2.33. The first-order valence-electron chi connectivity index (χ1n) is 8.23. The van der Waals surface area contributed by atoms with E-state index in [-0.39, 0.29) is 5.91 Å². The zero-order chi connectivity index (χ0) is 17.4. The minimum Gasteiger partial charge on any atom is -0.496 e. The third-order valence-electron chi connectivity index (χ3n) is 4.68. The summed E-state index contributed by atoms with van der Waals surface area (Å²) in [5.74, 6) is 0.568. The predicted molar refractivity (Wildman–Crippen MR) is 95.3 cm³/mol. The number of aryl methyl sites for hydroxylation is 1. The second kappa shape index (κ2) is 6.09. The maximum Gasteiger partial charge on any atom is 0.258 e. The number of carbonyl (C=O) groups is 1. The van der Waals surface area contributed by atoms with Crippen LogP contribution in [0.1, 0.15) is 27.2 Å². The van der Waals surface area contributed by atoms with Crippen molar-refractivity contribution in [3.05, 3.63) is 70.9 Å². The number of rotatable bonds is 3. The Kier molecular flexibility index (Phi) is 3.76. The van der Waals surface area contributed by atoms with Gasteiger partial charge in [-0.15, -0.1) is 0 Å². The normalized spacial score (nSPS) is 13.0. The van der Waals surface area contributed by atoms with E-state index >= 15 is 0 Å². The van der Waals surface area contributed by atoms with Crippen molar-refractivity contribution in [2.45, 2.75) is 20.0 Å². The molecule has 0 spiro atoms. The smallest absolute Gasteiger partial charge is 0.258 e. The van der Waals surface area contributed by atoms with E-state index in [1.165, 1.54) is 5.56 Å². The van der Waals surface area contributed by atoms with Gasteiger partial charge in [0, 0.05) is 11.1 Å². The van der Waals surface area contributed by atoms with Gasteiger partial charge in [0.15, 0.2) is 0 Å². The molecule has 3 aromatic rings. The van der Waals surface area contributed by atoms with Gasteiger partial charge in [-0.05, 0) is 24.6 Å². The van der Waals surface area contributed by atoms with E-state index in [9.17, 15) is 4.79 Å². The van der Waals surface area contributed by atoms with Crippen LogP contribution in [0.3, 0.4) is 0 Å². The molecule has 1 aliphatic rings. The van der Waals surface area contributed by atoms with Crippen LogP contribution >= 0.6 is 0 Å². The summed E-state index contributed by atoms with van der Waals surface area (Å²) in [6.07, 6.45) is 0. The van der Waals surface area contributed by atoms with E-state index in [2.05, 4.69) is 29.3 Å². The Hall–Kier alpha value is -3.08. The van der Waals surface area contributed by atoms with Crippen LogP contribution in [0.2, 0.25) is 0 Å². The standard InChI is InChI=1S/C20H19N3O2/c1-13-7-3-4-8-14(13)19-16-11-23(12-17(16)21-22-19)20(24)15-9-5-6-10-18(15)25-2/h3-10H,11-12H2,1-2H3,(H,21,22). The lowest BCUT2D eigenvalue weighted by Crippen LogP contribution is -2.26. The fraction of sp³-hybridized carbons (Fsp3) is 0.200. The van der Waals surface area contributed by atoms with E-state index in [1.807, 2.05) is 35.2 Å². The Morgan fingerprint density at radius 2 is 1.88 bits per heavy atom. The lowest BCUT2D eigenvalue weighted by molar-refractivity contribution is 0.0746. The van der Waals surface area contributed by atoms with Crippen LogP contribution in [0.15, 0.2) is 48.5 Å². The average Bonchev–Trinajstić information content (AvgIpc) is 3.22. The lowest BCUT2D eigenvalue weighted by Gasteiger charge is -2.17. The number of H-pyrrole nitrogens is 1. The minimum absolute atomic E-state index is 0.0298. The van der Waals surface area contributed by atoms with Gasteiger partial charge in [-0.3, -0.25) is 9.89 Å². The third kappa shape index (κ3) is 2.58. The highest BCUT2D eigenvalue weighted by atomic mass is 16.5. The zero-order valence-electron chi connectivity index (χ0n) is 14.2. The van der Waals surface area contributed by atoms with Crippen LogP contribution in [-0.2, 0) is 13.1 Å². The topological polar surface area (TPSA) is 58.2 Å². The number of fused-ring (bicyclic) bond motifs is 1. The van der Waals surface area contributed by atoms with Gasteiger partial charge in [-0.2, -0.15) is 5.10 Å². The highest BCUT2D eigenvalue weighted by Gasteiger charge is 2.30. The number of hydrogen-bond donors (Lipinski definition) is 1. The van der Waals surface area contributed by atoms with Crippen LogP contribution in [0.4, 0.5) is 0 Å². The first kappa shape index (κ1) is 15.4. The second-order valence-electron chi connectivity index (χ2n) is 6.21. The summed E-state index contributed by atoms with van der Waals surface area (Å²) in [6.45, 7) is 3.15. The molecule has 0 unspecified atom stereocenters. The zero-order valence-corrected chi connectivity index (χ0v) is 14.2. The number of nitrogens with zero attached hydrogens (tertiary/aromatic N) is 2. The van der Waals surface area contributed by atoms with Gasteiger partial charge >= 0.3 is 0 Å². The van der Waals surface area contributed by atoms with E-state index in [4.69, 9.17) is 4.74 Å². The minimum atomic E-state index is -0.0298. The molecule has 0 fully saturated rings. The Morgan fingerprint density at radius 1 is 1.12 bits per heavy atom. The summed E-state index contributed by atoms with van der Waals surface area (Å²) in [6, 6.07) is 15.5. The highest BCUT2D eigenvalue weighted by molar-refractivity contribution is 5.97. The number of aromatic nitrogens is 2. The second-order valence-corrected chi connectivity index (χ2v) is 6.21. The molecule has 4 rings (SSSR count). The molecule has 1 amide bonds. The van der Waals surface area contributed by atoms with Gasteiger partial charge in [-0.25, -0.2) is 0 Å². The number of hydrogen-bond acceptors (Lipinski definition) is 3.